The van der Waals surface area contributed by atoms with Crippen LogP contribution in [0, 0.1) is 12.8 Å². The lowest BCUT2D eigenvalue weighted by molar-refractivity contribution is 0.154. The van der Waals surface area contributed by atoms with Gasteiger partial charge in [0.05, 0.1) is 6.61 Å². The molecule has 2 atom stereocenters. The second kappa shape index (κ2) is 12.0. The van der Waals surface area contributed by atoms with Gasteiger partial charge in [-0.1, -0.05) is 48.5 Å². The minimum atomic E-state index is 0.368. The first-order valence-electron chi connectivity index (χ1n) is 11.0. The van der Waals surface area contributed by atoms with Crippen LogP contribution >= 0.6 is 0 Å². The summed E-state index contributed by atoms with van der Waals surface area (Å²) in [6.07, 6.45) is 2.44. The number of hydrogen-bond acceptors (Lipinski definition) is 3. The molecule has 2 unspecified atom stereocenters. The number of phenolic OH excluding ortho intramolecular Hbond substituents is 1. The SMILES string of the molecule is CC(C)N(CCC(c1ccccc1)C1CCOC1)C(C)C.Cc1ccccc1O. The topological polar surface area (TPSA) is 32.7 Å². The Morgan fingerprint density at radius 1 is 0.966 bits per heavy atom. The van der Waals surface area contributed by atoms with Crippen molar-refractivity contribution in [1.29, 1.82) is 0 Å². The predicted molar refractivity (Wildman–Crippen MR) is 123 cm³/mol. The number of aryl methyl sites for hydroxylation is 1. The number of para-hydroxylation sites is 1. The lowest BCUT2D eigenvalue weighted by Gasteiger charge is -2.33. The van der Waals surface area contributed by atoms with Gasteiger partial charge in [-0.25, -0.2) is 0 Å². The van der Waals surface area contributed by atoms with Gasteiger partial charge in [0.25, 0.3) is 0 Å². The van der Waals surface area contributed by atoms with E-state index in [0.29, 0.717) is 29.7 Å². The molecule has 1 heterocycles. The van der Waals surface area contributed by atoms with Crippen molar-refractivity contribution in [2.45, 2.75) is 65.5 Å². The highest BCUT2D eigenvalue weighted by Gasteiger charge is 2.28. The highest BCUT2D eigenvalue weighted by Crippen LogP contribution is 2.34. The fourth-order valence-electron chi connectivity index (χ4n) is 4.21. The Hall–Kier alpha value is -1.84. The normalized spacial score (nSPS) is 17.4. The van der Waals surface area contributed by atoms with E-state index in [1.807, 2.05) is 25.1 Å². The molecule has 0 aliphatic carbocycles. The van der Waals surface area contributed by atoms with Crippen LogP contribution in [0.5, 0.6) is 5.75 Å². The van der Waals surface area contributed by atoms with Gasteiger partial charge in [-0.15, -0.1) is 0 Å². The molecule has 0 saturated carbocycles. The van der Waals surface area contributed by atoms with Crippen LogP contribution in [0.4, 0.5) is 0 Å². The molecule has 160 valence electrons. The molecule has 1 fully saturated rings. The van der Waals surface area contributed by atoms with E-state index >= 15 is 0 Å². The molecule has 0 aromatic heterocycles. The predicted octanol–water partition coefficient (Wildman–Crippen LogP) is 6.02. The van der Waals surface area contributed by atoms with Gasteiger partial charge in [-0.3, -0.25) is 4.90 Å². The summed E-state index contributed by atoms with van der Waals surface area (Å²) in [6, 6.07) is 19.5. The molecule has 2 aromatic carbocycles. The van der Waals surface area contributed by atoms with Gasteiger partial charge in [0.2, 0.25) is 0 Å². The van der Waals surface area contributed by atoms with E-state index in [0.717, 1.165) is 18.8 Å². The van der Waals surface area contributed by atoms with Crippen LogP contribution in [0.3, 0.4) is 0 Å². The monoisotopic (exact) mass is 397 g/mol. The van der Waals surface area contributed by atoms with Crippen molar-refractivity contribution in [3.63, 3.8) is 0 Å². The fraction of sp³-hybridized carbons (Fsp3) is 0.538. The van der Waals surface area contributed by atoms with Crippen molar-refractivity contribution >= 4 is 0 Å². The maximum atomic E-state index is 8.92. The highest BCUT2D eigenvalue weighted by atomic mass is 16.5. The summed E-state index contributed by atoms with van der Waals surface area (Å²) < 4.78 is 5.65. The Labute approximate surface area is 177 Å². The van der Waals surface area contributed by atoms with E-state index in [1.54, 1.807) is 6.07 Å². The van der Waals surface area contributed by atoms with Crippen LogP contribution in [-0.4, -0.2) is 41.8 Å². The third-order valence-corrected chi connectivity index (χ3v) is 5.90. The van der Waals surface area contributed by atoms with Gasteiger partial charge in [0, 0.05) is 18.7 Å². The Morgan fingerprint density at radius 2 is 1.59 bits per heavy atom. The fourth-order valence-corrected chi connectivity index (χ4v) is 4.21. The Balaban J connectivity index is 0.000000313. The molecular formula is C26H39NO2. The van der Waals surface area contributed by atoms with Gasteiger partial charge in [0.15, 0.2) is 0 Å². The Kier molecular flexibility index (Phi) is 9.69. The number of ether oxygens (including phenoxy) is 1. The molecule has 0 amide bonds. The molecule has 3 rings (SSSR count). The Bertz CT molecular complexity index is 664. The van der Waals surface area contributed by atoms with Crippen molar-refractivity contribution in [3.05, 3.63) is 65.7 Å². The van der Waals surface area contributed by atoms with Crippen LogP contribution in [0.15, 0.2) is 54.6 Å². The lowest BCUT2D eigenvalue weighted by Crippen LogP contribution is -2.38. The van der Waals surface area contributed by atoms with Gasteiger partial charge in [0.1, 0.15) is 5.75 Å². The van der Waals surface area contributed by atoms with Crippen LogP contribution in [0.25, 0.3) is 0 Å². The van der Waals surface area contributed by atoms with E-state index in [4.69, 9.17) is 9.84 Å². The maximum absolute atomic E-state index is 8.92. The molecule has 29 heavy (non-hydrogen) atoms. The minimum Gasteiger partial charge on any atom is -0.508 e. The molecule has 1 N–H and O–H groups in total. The van der Waals surface area contributed by atoms with Crippen LogP contribution in [0.2, 0.25) is 0 Å². The summed E-state index contributed by atoms with van der Waals surface area (Å²) in [6.45, 7) is 14.1. The Morgan fingerprint density at radius 3 is 2.07 bits per heavy atom. The van der Waals surface area contributed by atoms with Gasteiger partial charge in [-0.05, 0) is 83.0 Å². The molecule has 1 saturated heterocycles. The smallest absolute Gasteiger partial charge is 0.118 e. The van der Waals surface area contributed by atoms with Gasteiger partial charge < -0.3 is 9.84 Å². The first-order valence-corrected chi connectivity index (χ1v) is 11.0. The molecule has 2 aromatic rings. The van der Waals surface area contributed by atoms with Crippen LogP contribution in [-0.2, 0) is 4.74 Å². The highest BCUT2D eigenvalue weighted by molar-refractivity contribution is 5.29. The molecule has 1 aliphatic rings. The van der Waals surface area contributed by atoms with Crippen LogP contribution in [0.1, 0.15) is 57.6 Å². The third-order valence-electron chi connectivity index (χ3n) is 5.90. The van der Waals surface area contributed by atoms with Gasteiger partial charge in [-0.2, -0.15) is 0 Å². The zero-order valence-corrected chi connectivity index (χ0v) is 18.8. The molecule has 0 bridgehead atoms. The van der Waals surface area contributed by atoms with E-state index < -0.39 is 0 Å². The summed E-state index contributed by atoms with van der Waals surface area (Å²) in [5, 5.41) is 8.92. The van der Waals surface area contributed by atoms with E-state index in [9.17, 15) is 0 Å². The van der Waals surface area contributed by atoms with Gasteiger partial charge >= 0.3 is 0 Å². The van der Waals surface area contributed by atoms with E-state index in [1.165, 1.54) is 24.9 Å². The number of phenols is 1. The minimum absolute atomic E-state index is 0.368. The van der Waals surface area contributed by atoms with Crippen molar-refractivity contribution in [3.8, 4) is 5.75 Å². The molecule has 0 spiro atoms. The summed E-state index contributed by atoms with van der Waals surface area (Å²) >= 11 is 0. The number of benzene rings is 2. The zero-order chi connectivity index (χ0) is 21.2. The number of rotatable bonds is 7. The molecule has 3 nitrogen and oxygen atoms in total. The van der Waals surface area contributed by atoms with Crippen molar-refractivity contribution in [2.75, 3.05) is 19.8 Å². The number of hydrogen-bond donors (Lipinski definition) is 1. The summed E-state index contributed by atoms with van der Waals surface area (Å²) in [4.78, 5) is 2.60. The van der Waals surface area contributed by atoms with Crippen molar-refractivity contribution < 1.29 is 9.84 Å². The van der Waals surface area contributed by atoms with E-state index in [2.05, 4.69) is 62.9 Å². The average molecular weight is 398 g/mol. The van der Waals surface area contributed by atoms with E-state index in [-0.39, 0.29) is 0 Å². The second-order valence-corrected chi connectivity index (χ2v) is 8.64. The summed E-state index contributed by atoms with van der Waals surface area (Å²) in [7, 11) is 0. The summed E-state index contributed by atoms with van der Waals surface area (Å²) in [5.41, 5.74) is 2.41. The third kappa shape index (κ3) is 7.49. The molecular weight excluding hydrogens is 358 g/mol. The van der Waals surface area contributed by atoms with Crippen molar-refractivity contribution in [1.82, 2.24) is 4.90 Å². The standard InChI is InChI=1S/C19H31NO.C7H8O/c1-15(2)20(16(3)4)12-10-19(18-11-13-21-14-18)17-8-6-5-7-9-17;1-6-4-2-3-5-7(6)8/h5-9,15-16,18-19H,10-14H2,1-4H3;2-5,8H,1H3. The molecule has 3 heteroatoms. The maximum Gasteiger partial charge on any atom is 0.118 e. The molecule has 0 radical (unpaired) electrons. The zero-order valence-electron chi connectivity index (χ0n) is 18.8. The summed E-state index contributed by atoms with van der Waals surface area (Å²) in [5.74, 6) is 1.69. The average Bonchev–Trinajstić information content (AvgIpc) is 3.22. The molecule has 1 aliphatic heterocycles. The lowest BCUT2D eigenvalue weighted by atomic mass is 9.83. The number of nitrogens with zero attached hydrogens (tertiary/aromatic N) is 1. The second-order valence-electron chi connectivity index (χ2n) is 8.64. The van der Waals surface area contributed by atoms with Crippen LogP contribution < -0.4 is 0 Å². The van der Waals surface area contributed by atoms with Crippen molar-refractivity contribution in [2.24, 2.45) is 5.92 Å². The quantitative estimate of drug-likeness (QED) is 0.620. The first-order chi connectivity index (χ1) is 13.9. The largest absolute Gasteiger partial charge is 0.508 e. The first kappa shape index (κ1) is 23.4. The number of aromatic hydroxyl groups is 1.